The highest BCUT2D eigenvalue weighted by Crippen LogP contribution is 2.30. The maximum absolute atomic E-state index is 9.73. The zero-order valence-electron chi connectivity index (χ0n) is 10.7. The van der Waals surface area contributed by atoms with E-state index in [9.17, 15) is 10.2 Å². The molecule has 0 amide bonds. The second kappa shape index (κ2) is 6.34. The van der Waals surface area contributed by atoms with E-state index in [2.05, 4.69) is 12.2 Å². The summed E-state index contributed by atoms with van der Waals surface area (Å²) in [6.07, 6.45) is 3.80. The molecule has 1 aliphatic rings. The zero-order chi connectivity index (χ0) is 13.0. The minimum absolute atomic E-state index is 0.108. The van der Waals surface area contributed by atoms with Crippen molar-refractivity contribution < 1.29 is 10.2 Å². The minimum atomic E-state index is 0.108. The molecular weight excluding hydrogens is 246 g/mol. The van der Waals surface area contributed by atoms with Crippen LogP contribution < -0.4 is 5.32 Å². The van der Waals surface area contributed by atoms with Gasteiger partial charge in [-0.05, 0) is 24.7 Å². The third kappa shape index (κ3) is 3.33. The van der Waals surface area contributed by atoms with Gasteiger partial charge in [0.05, 0.1) is 0 Å². The van der Waals surface area contributed by atoms with E-state index in [1.54, 1.807) is 12.1 Å². The molecule has 0 radical (unpaired) electrons. The summed E-state index contributed by atoms with van der Waals surface area (Å²) in [5.41, 5.74) is 0.847. The quantitative estimate of drug-likeness (QED) is 0.768. The monoisotopic (exact) mass is 267 g/mol. The van der Waals surface area contributed by atoms with Gasteiger partial charge in [-0.15, -0.1) is 0 Å². The van der Waals surface area contributed by atoms with Crippen molar-refractivity contribution in [2.45, 2.75) is 44.0 Å². The van der Waals surface area contributed by atoms with Gasteiger partial charge in [0.15, 0.2) is 0 Å². The van der Waals surface area contributed by atoms with Crippen molar-refractivity contribution in [2.75, 3.05) is 5.75 Å². The smallest absolute Gasteiger partial charge is 0.123 e. The van der Waals surface area contributed by atoms with Crippen LogP contribution in [-0.2, 0) is 6.54 Å². The van der Waals surface area contributed by atoms with Gasteiger partial charge in [0.1, 0.15) is 11.5 Å². The molecule has 3 nitrogen and oxygen atoms in total. The first-order valence-electron chi connectivity index (χ1n) is 6.56. The zero-order valence-corrected chi connectivity index (χ0v) is 11.5. The number of rotatable bonds is 5. The number of nitrogens with one attached hydrogen (secondary N) is 1. The highest BCUT2D eigenvalue weighted by Gasteiger charge is 2.26. The van der Waals surface area contributed by atoms with Crippen LogP contribution in [0.25, 0.3) is 0 Å². The fourth-order valence-electron chi connectivity index (χ4n) is 2.52. The molecule has 0 heterocycles. The lowest BCUT2D eigenvalue weighted by molar-refractivity contribution is 0.440. The second-order valence-electron chi connectivity index (χ2n) is 4.73. The van der Waals surface area contributed by atoms with Gasteiger partial charge in [-0.25, -0.2) is 0 Å². The molecule has 1 aliphatic carbocycles. The molecule has 3 N–H and O–H groups in total. The van der Waals surface area contributed by atoms with Gasteiger partial charge in [0, 0.05) is 29.5 Å². The summed E-state index contributed by atoms with van der Waals surface area (Å²) in [5, 5.41) is 23.2. The van der Waals surface area contributed by atoms with E-state index in [0.29, 0.717) is 17.8 Å². The molecule has 2 atom stereocenters. The van der Waals surface area contributed by atoms with Gasteiger partial charge in [-0.2, -0.15) is 11.8 Å². The topological polar surface area (TPSA) is 52.5 Å². The van der Waals surface area contributed by atoms with Gasteiger partial charge >= 0.3 is 0 Å². The van der Waals surface area contributed by atoms with Crippen LogP contribution in [0.1, 0.15) is 31.7 Å². The number of aromatic hydroxyl groups is 2. The Hall–Kier alpha value is -0.870. The van der Waals surface area contributed by atoms with Crippen LogP contribution in [0.5, 0.6) is 11.5 Å². The van der Waals surface area contributed by atoms with Gasteiger partial charge in [-0.1, -0.05) is 19.4 Å². The maximum Gasteiger partial charge on any atom is 0.123 e. The highest BCUT2D eigenvalue weighted by atomic mass is 32.2. The Balaban J connectivity index is 1.90. The van der Waals surface area contributed by atoms with Crippen LogP contribution in [0.4, 0.5) is 0 Å². The van der Waals surface area contributed by atoms with Crippen molar-refractivity contribution in [3.8, 4) is 11.5 Å². The van der Waals surface area contributed by atoms with Crippen molar-refractivity contribution in [3.05, 3.63) is 23.8 Å². The number of hydrogen-bond acceptors (Lipinski definition) is 4. The molecule has 2 unspecified atom stereocenters. The fourth-order valence-corrected chi connectivity index (χ4v) is 3.74. The highest BCUT2D eigenvalue weighted by molar-refractivity contribution is 7.99. The summed E-state index contributed by atoms with van der Waals surface area (Å²) >= 11 is 2.02. The lowest BCUT2D eigenvalue weighted by Crippen LogP contribution is -2.33. The Kier molecular flexibility index (Phi) is 4.78. The van der Waals surface area contributed by atoms with Crippen molar-refractivity contribution in [3.63, 3.8) is 0 Å². The van der Waals surface area contributed by atoms with E-state index in [4.69, 9.17) is 0 Å². The number of hydrogen-bond donors (Lipinski definition) is 3. The predicted molar refractivity (Wildman–Crippen MR) is 76.2 cm³/mol. The Bertz CT molecular complexity index is 397. The van der Waals surface area contributed by atoms with E-state index in [0.717, 1.165) is 11.3 Å². The van der Waals surface area contributed by atoms with Crippen molar-refractivity contribution >= 4 is 11.8 Å². The predicted octanol–water partition coefficient (Wildman–Crippen LogP) is 2.86. The summed E-state index contributed by atoms with van der Waals surface area (Å²) in [6.45, 7) is 2.86. The van der Waals surface area contributed by atoms with Gasteiger partial charge in [0.2, 0.25) is 0 Å². The summed E-state index contributed by atoms with van der Waals surface area (Å²) in [4.78, 5) is 0. The SMILES string of the molecule is CCSC1CCCC1NCc1ccc(O)cc1O. The molecule has 100 valence electrons. The average molecular weight is 267 g/mol. The maximum atomic E-state index is 9.73. The average Bonchev–Trinajstić information content (AvgIpc) is 2.76. The first kappa shape index (κ1) is 13.6. The first-order chi connectivity index (χ1) is 8.70. The largest absolute Gasteiger partial charge is 0.508 e. The molecule has 18 heavy (non-hydrogen) atoms. The molecule has 1 aromatic carbocycles. The van der Waals surface area contributed by atoms with E-state index in [1.165, 1.54) is 25.3 Å². The van der Waals surface area contributed by atoms with Crippen LogP contribution in [0.15, 0.2) is 18.2 Å². The van der Waals surface area contributed by atoms with E-state index in [-0.39, 0.29) is 11.5 Å². The lowest BCUT2D eigenvalue weighted by Gasteiger charge is -2.20. The van der Waals surface area contributed by atoms with Gasteiger partial charge < -0.3 is 15.5 Å². The Labute approximate surface area is 113 Å². The van der Waals surface area contributed by atoms with E-state index < -0.39 is 0 Å². The van der Waals surface area contributed by atoms with E-state index in [1.807, 2.05) is 11.8 Å². The van der Waals surface area contributed by atoms with Crippen molar-refractivity contribution in [1.82, 2.24) is 5.32 Å². The van der Waals surface area contributed by atoms with Crippen LogP contribution in [0, 0.1) is 0 Å². The molecule has 0 aliphatic heterocycles. The summed E-state index contributed by atoms with van der Waals surface area (Å²) in [6, 6.07) is 5.32. The standard InChI is InChI=1S/C14H21NO2S/c1-2-18-14-5-3-4-12(14)15-9-10-6-7-11(16)8-13(10)17/h6-8,12,14-17H,2-5,9H2,1H3. The van der Waals surface area contributed by atoms with E-state index >= 15 is 0 Å². The molecular formula is C14H21NO2S. The van der Waals surface area contributed by atoms with Crippen molar-refractivity contribution in [1.29, 1.82) is 0 Å². The van der Waals surface area contributed by atoms with Crippen LogP contribution >= 0.6 is 11.8 Å². The number of phenolic OH excluding ortho intramolecular Hbond substituents is 2. The lowest BCUT2D eigenvalue weighted by atomic mass is 10.1. The molecule has 2 rings (SSSR count). The Morgan fingerprint density at radius 1 is 1.33 bits per heavy atom. The fraction of sp³-hybridized carbons (Fsp3) is 0.571. The number of thioether (sulfide) groups is 1. The third-order valence-corrected chi connectivity index (χ3v) is 4.78. The molecule has 1 saturated carbocycles. The van der Waals surface area contributed by atoms with Crippen LogP contribution in [0.2, 0.25) is 0 Å². The second-order valence-corrected chi connectivity index (χ2v) is 6.24. The minimum Gasteiger partial charge on any atom is -0.508 e. The summed E-state index contributed by atoms with van der Waals surface area (Å²) in [5.74, 6) is 1.43. The molecule has 0 bridgehead atoms. The third-order valence-electron chi connectivity index (χ3n) is 3.46. The summed E-state index contributed by atoms with van der Waals surface area (Å²) in [7, 11) is 0. The molecule has 4 heteroatoms. The molecule has 0 aromatic heterocycles. The first-order valence-corrected chi connectivity index (χ1v) is 7.61. The van der Waals surface area contributed by atoms with Gasteiger partial charge in [0.25, 0.3) is 0 Å². The Morgan fingerprint density at radius 3 is 2.89 bits per heavy atom. The molecule has 1 fully saturated rings. The van der Waals surface area contributed by atoms with Crippen molar-refractivity contribution in [2.24, 2.45) is 0 Å². The Morgan fingerprint density at radius 2 is 2.17 bits per heavy atom. The van der Waals surface area contributed by atoms with Gasteiger partial charge in [-0.3, -0.25) is 0 Å². The number of benzene rings is 1. The van der Waals surface area contributed by atoms with Crippen LogP contribution in [-0.4, -0.2) is 27.3 Å². The summed E-state index contributed by atoms with van der Waals surface area (Å²) < 4.78 is 0. The number of phenols is 2. The van der Waals surface area contributed by atoms with Crippen LogP contribution in [0.3, 0.4) is 0 Å². The molecule has 1 aromatic rings. The molecule has 0 saturated heterocycles. The molecule has 0 spiro atoms. The normalized spacial score (nSPS) is 23.4.